The Kier molecular flexibility index (Phi) is 7.32. The number of aryl methyl sites for hydroxylation is 1. The van der Waals surface area contributed by atoms with Crippen molar-refractivity contribution >= 4 is 23.2 Å². The fraction of sp³-hybridized carbons (Fsp3) is 0.350. The Morgan fingerprint density at radius 3 is 2.46 bits per heavy atom. The van der Waals surface area contributed by atoms with E-state index in [1.54, 1.807) is 18.9 Å². The third kappa shape index (κ3) is 6.14. The van der Waals surface area contributed by atoms with Gasteiger partial charge in [-0.25, -0.2) is 0 Å². The van der Waals surface area contributed by atoms with E-state index < -0.39 is 23.7 Å². The van der Waals surface area contributed by atoms with Crippen molar-refractivity contribution in [1.29, 1.82) is 0 Å². The van der Waals surface area contributed by atoms with Crippen LogP contribution in [-0.2, 0) is 11.0 Å². The number of alkyl halides is 3. The average Bonchev–Trinajstić information content (AvgIpc) is 2.63. The van der Waals surface area contributed by atoms with E-state index in [4.69, 9.17) is 16.3 Å². The van der Waals surface area contributed by atoms with Crippen LogP contribution in [-0.4, -0.2) is 37.0 Å². The second-order valence-corrected chi connectivity index (χ2v) is 6.93. The minimum atomic E-state index is -4.62. The molecular formula is C20H22ClF3N2O2. The second kappa shape index (κ2) is 9.30. The van der Waals surface area contributed by atoms with Gasteiger partial charge in [0.25, 0.3) is 0 Å². The molecule has 2 rings (SSSR count). The van der Waals surface area contributed by atoms with Crippen LogP contribution in [0.3, 0.4) is 0 Å². The molecule has 0 saturated heterocycles. The molecule has 2 aromatic rings. The van der Waals surface area contributed by atoms with Crippen molar-refractivity contribution in [2.45, 2.75) is 26.1 Å². The first kappa shape index (κ1) is 22.0. The summed E-state index contributed by atoms with van der Waals surface area (Å²) < 4.78 is 45.1. The zero-order valence-electron chi connectivity index (χ0n) is 15.8. The highest BCUT2D eigenvalue weighted by Crippen LogP contribution is 2.36. The van der Waals surface area contributed by atoms with Gasteiger partial charge in [0.05, 0.1) is 17.3 Å². The Bertz CT molecular complexity index is 810. The summed E-state index contributed by atoms with van der Waals surface area (Å²) in [6, 6.07) is 10.2. The highest BCUT2D eigenvalue weighted by Gasteiger charge is 2.34. The summed E-state index contributed by atoms with van der Waals surface area (Å²) in [6.07, 6.45) is -4.62. The number of benzene rings is 2. The largest absolute Gasteiger partial charge is 0.492 e. The fourth-order valence-corrected chi connectivity index (χ4v) is 2.61. The van der Waals surface area contributed by atoms with Crippen LogP contribution in [0.1, 0.15) is 18.1 Å². The molecule has 0 saturated carbocycles. The van der Waals surface area contributed by atoms with Gasteiger partial charge < -0.3 is 10.1 Å². The molecular weight excluding hydrogens is 393 g/mol. The van der Waals surface area contributed by atoms with Crippen molar-refractivity contribution < 1.29 is 22.7 Å². The third-order valence-corrected chi connectivity index (χ3v) is 4.55. The fourth-order valence-electron chi connectivity index (χ4n) is 2.43. The highest BCUT2D eigenvalue weighted by atomic mass is 35.5. The summed E-state index contributed by atoms with van der Waals surface area (Å²) in [5, 5.41) is 2.29. The molecule has 0 aliphatic rings. The number of hydrogen-bond acceptors (Lipinski definition) is 3. The molecule has 152 valence electrons. The lowest BCUT2D eigenvalue weighted by Gasteiger charge is -2.24. The van der Waals surface area contributed by atoms with E-state index in [1.165, 1.54) is 6.07 Å². The van der Waals surface area contributed by atoms with Crippen molar-refractivity contribution in [3.05, 3.63) is 58.6 Å². The molecule has 1 amide bonds. The Morgan fingerprint density at radius 2 is 1.86 bits per heavy atom. The molecule has 0 heterocycles. The first-order valence-corrected chi connectivity index (χ1v) is 9.03. The molecule has 0 bridgehead atoms. The van der Waals surface area contributed by atoms with Crippen LogP contribution in [0.25, 0.3) is 0 Å². The standard InChI is InChI=1S/C20H22ClF3N2O2/c1-13-4-7-16(8-5-13)28-11-10-26(3)14(2)19(27)25-18-9-6-15(21)12-17(18)20(22,23)24/h4-9,12,14H,10-11H2,1-3H3,(H,25,27). The van der Waals surface area contributed by atoms with Gasteiger partial charge >= 0.3 is 6.18 Å². The van der Waals surface area contributed by atoms with Crippen LogP contribution in [0.15, 0.2) is 42.5 Å². The monoisotopic (exact) mass is 414 g/mol. The van der Waals surface area contributed by atoms with Crippen molar-refractivity contribution in [2.75, 3.05) is 25.5 Å². The molecule has 0 fully saturated rings. The molecule has 2 aromatic carbocycles. The Labute approximate surface area is 167 Å². The summed E-state index contributed by atoms with van der Waals surface area (Å²) in [5.74, 6) is 0.165. The molecule has 1 unspecified atom stereocenters. The lowest BCUT2D eigenvalue weighted by molar-refractivity contribution is -0.137. The van der Waals surface area contributed by atoms with E-state index in [-0.39, 0.29) is 10.7 Å². The van der Waals surface area contributed by atoms with Crippen LogP contribution >= 0.6 is 11.6 Å². The van der Waals surface area contributed by atoms with Gasteiger partial charge in [0.15, 0.2) is 0 Å². The maximum absolute atomic E-state index is 13.2. The van der Waals surface area contributed by atoms with Gasteiger partial charge in [-0.2, -0.15) is 13.2 Å². The van der Waals surface area contributed by atoms with Crippen molar-refractivity contribution in [1.82, 2.24) is 4.90 Å². The first-order chi connectivity index (χ1) is 13.1. The van der Waals surface area contributed by atoms with E-state index in [9.17, 15) is 18.0 Å². The Balaban J connectivity index is 1.94. The van der Waals surface area contributed by atoms with Gasteiger partial charge in [-0.15, -0.1) is 0 Å². The number of amides is 1. The molecule has 0 radical (unpaired) electrons. The minimum Gasteiger partial charge on any atom is -0.492 e. The third-order valence-electron chi connectivity index (χ3n) is 4.32. The number of rotatable bonds is 7. The highest BCUT2D eigenvalue weighted by molar-refractivity contribution is 6.30. The smallest absolute Gasteiger partial charge is 0.418 e. The van der Waals surface area contributed by atoms with E-state index in [0.29, 0.717) is 18.9 Å². The number of nitrogens with zero attached hydrogens (tertiary/aromatic N) is 1. The van der Waals surface area contributed by atoms with Crippen LogP contribution < -0.4 is 10.1 Å². The number of carbonyl (C=O) groups excluding carboxylic acids is 1. The SMILES string of the molecule is Cc1ccc(OCCN(C)C(C)C(=O)Nc2ccc(Cl)cc2C(F)(F)F)cc1. The molecule has 1 atom stereocenters. The van der Waals surface area contributed by atoms with E-state index in [2.05, 4.69) is 5.32 Å². The van der Waals surface area contributed by atoms with Gasteiger partial charge in [-0.1, -0.05) is 29.3 Å². The summed E-state index contributed by atoms with van der Waals surface area (Å²) in [5.41, 5.74) is -0.181. The van der Waals surface area contributed by atoms with Crippen LogP contribution in [0, 0.1) is 6.92 Å². The van der Waals surface area contributed by atoms with Gasteiger partial charge in [0, 0.05) is 11.6 Å². The van der Waals surface area contributed by atoms with Crippen LogP contribution in [0.4, 0.5) is 18.9 Å². The molecule has 0 aliphatic carbocycles. The molecule has 4 nitrogen and oxygen atoms in total. The second-order valence-electron chi connectivity index (χ2n) is 6.50. The van der Waals surface area contributed by atoms with E-state index in [0.717, 1.165) is 17.7 Å². The van der Waals surface area contributed by atoms with Gasteiger partial charge in [0.2, 0.25) is 5.91 Å². The number of halogens is 4. The molecule has 0 aromatic heterocycles. The number of hydrogen-bond donors (Lipinski definition) is 1. The minimum absolute atomic E-state index is 0.0521. The average molecular weight is 415 g/mol. The first-order valence-electron chi connectivity index (χ1n) is 8.65. The van der Waals surface area contributed by atoms with Gasteiger partial charge in [-0.3, -0.25) is 9.69 Å². The predicted octanol–water partition coefficient (Wildman–Crippen LogP) is 5.01. The van der Waals surface area contributed by atoms with Crippen molar-refractivity contribution in [3.8, 4) is 5.75 Å². The lowest BCUT2D eigenvalue weighted by Crippen LogP contribution is -2.41. The number of ether oxygens (including phenoxy) is 1. The zero-order chi connectivity index (χ0) is 20.9. The molecule has 1 N–H and O–H groups in total. The van der Waals surface area contributed by atoms with E-state index >= 15 is 0 Å². The summed E-state index contributed by atoms with van der Waals surface area (Å²) in [4.78, 5) is 14.1. The number of nitrogens with one attached hydrogen (secondary N) is 1. The quantitative estimate of drug-likeness (QED) is 0.692. The predicted molar refractivity (Wildman–Crippen MR) is 104 cm³/mol. The van der Waals surface area contributed by atoms with Crippen molar-refractivity contribution in [3.63, 3.8) is 0 Å². The molecule has 0 spiro atoms. The number of likely N-dealkylation sites (N-methyl/N-ethyl adjacent to an activating group) is 1. The summed E-state index contributed by atoms with van der Waals surface area (Å²) >= 11 is 5.65. The molecule has 0 aliphatic heterocycles. The Morgan fingerprint density at radius 1 is 1.21 bits per heavy atom. The van der Waals surface area contributed by atoms with Crippen molar-refractivity contribution in [2.24, 2.45) is 0 Å². The Hall–Kier alpha value is -2.25. The number of carbonyl (C=O) groups is 1. The molecule has 8 heteroatoms. The number of anilines is 1. The molecule has 28 heavy (non-hydrogen) atoms. The maximum Gasteiger partial charge on any atom is 0.418 e. The topological polar surface area (TPSA) is 41.6 Å². The van der Waals surface area contributed by atoms with Crippen LogP contribution in [0.5, 0.6) is 5.75 Å². The summed E-state index contributed by atoms with van der Waals surface area (Å²) in [6.45, 7) is 4.36. The summed E-state index contributed by atoms with van der Waals surface area (Å²) in [7, 11) is 1.70. The van der Waals surface area contributed by atoms with Gasteiger partial charge in [-0.05, 0) is 51.2 Å². The lowest BCUT2D eigenvalue weighted by atomic mass is 10.1. The maximum atomic E-state index is 13.2. The normalized spacial score (nSPS) is 12.7. The zero-order valence-corrected chi connectivity index (χ0v) is 16.6. The van der Waals surface area contributed by atoms with E-state index in [1.807, 2.05) is 31.2 Å². The van der Waals surface area contributed by atoms with Crippen LogP contribution in [0.2, 0.25) is 5.02 Å². The van der Waals surface area contributed by atoms with Gasteiger partial charge in [0.1, 0.15) is 12.4 Å².